The van der Waals surface area contributed by atoms with E-state index >= 15 is 0 Å². The number of carbonyl (C=O) groups is 1. The second kappa shape index (κ2) is 6.55. The minimum atomic E-state index is -0.00723. The number of likely N-dealkylation sites (tertiary alicyclic amines) is 1. The van der Waals surface area contributed by atoms with E-state index < -0.39 is 0 Å². The first-order chi connectivity index (χ1) is 12.2. The summed E-state index contributed by atoms with van der Waals surface area (Å²) < 4.78 is 0. The Labute approximate surface area is 146 Å². The molecule has 3 aromatic rings. The molecule has 1 aromatic carbocycles. The Balaban J connectivity index is 1.55. The summed E-state index contributed by atoms with van der Waals surface area (Å²) in [6.45, 7) is 3.35. The second-order valence-corrected chi connectivity index (χ2v) is 6.49. The van der Waals surface area contributed by atoms with Crippen LogP contribution in [0.3, 0.4) is 0 Å². The first-order valence-electron chi connectivity index (χ1n) is 8.63. The van der Waals surface area contributed by atoms with Crippen LogP contribution in [-0.4, -0.2) is 43.8 Å². The lowest BCUT2D eigenvalue weighted by molar-refractivity contribution is 0.0698. The molecular formula is C19H21N5O. The van der Waals surface area contributed by atoms with Crippen molar-refractivity contribution in [3.63, 3.8) is 0 Å². The number of nitrogens with one attached hydrogen (secondary N) is 2. The smallest absolute Gasteiger partial charge is 0.274 e. The van der Waals surface area contributed by atoms with Gasteiger partial charge in [-0.15, -0.1) is 0 Å². The topological polar surface area (TPSA) is 77.7 Å². The van der Waals surface area contributed by atoms with E-state index in [0.717, 1.165) is 42.3 Å². The molecular weight excluding hydrogens is 314 g/mol. The maximum atomic E-state index is 13.0. The van der Waals surface area contributed by atoms with Gasteiger partial charge in [0.2, 0.25) is 0 Å². The molecule has 0 unspecified atom stereocenters. The number of hydrogen-bond acceptors (Lipinski definition) is 3. The number of rotatable bonds is 3. The van der Waals surface area contributed by atoms with Gasteiger partial charge in [0.15, 0.2) is 0 Å². The van der Waals surface area contributed by atoms with Crippen molar-refractivity contribution in [1.29, 1.82) is 0 Å². The third-order valence-electron chi connectivity index (χ3n) is 4.75. The lowest BCUT2D eigenvalue weighted by Gasteiger charge is -2.31. The lowest BCUT2D eigenvalue weighted by Crippen LogP contribution is -2.39. The molecule has 128 valence electrons. The van der Waals surface area contributed by atoms with Gasteiger partial charge in [0.1, 0.15) is 17.3 Å². The Morgan fingerprint density at radius 2 is 2.12 bits per heavy atom. The van der Waals surface area contributed by atoms with Crippen molar-refractivity contribution in [3.8, 4) is 11.4 Å². The number of H-pyrrole nitrogens is 2. The number of imidazole rings is 2. The Kier molecular flexibility index (Phi) is 4.09. The molecule has 1 amide bonds. The van der Waals surface area contributed by atoms with Crippen LogP contribution in [0, 0.1) is 6.92 Å². The molecule has 25 heavy (non-hydrogen) atoms. The zero-order chi connectivity index (χ0) is 17.2. The predicted molar refractivity (Wildman–Crippen MR) is 95.2 cm³/mol. The molecule has 0 aliphatic carbocycles. The molecule has 6 heteroatoms. The van der Waals surface area contributed by atoms with Crippen LogP contribution in [-0.2, 0) is 0 Å². The van der Waals surface area contributed by atoms with Crippen LogP contribution in [0.4, 0.5) is 0 Å². The van der Waals surface area contributed by atoms with Crippen molar-refractivity contribution in [1.82, 2.24) is 24.8 Å². The number of amides is 1. The van der Waals surface area contributed by atoms with Crippen molar-refractivity contribution in [2.45, 2.75) is 25.7 Å². The van der Waals surface area contributed by atoms with Gasteiger partial charge in [0.05, 0.1) is 0 Å². The summed E-state index contributed by atoms with van der Waals surface area (Å²) in [7, 11) is 0. The van der Waals surface area contributed by atoms with Crippen LogP contribution in [0.5, 0.6) is 0 Å². The Morgan fingerprint density at radius 3 is 2.88 bits per heavy atom. The van der Waals surface area contributed by atoms with E-state index in [0.29, 0.717) is 12.2 Å². The van der Waals surface area contributed by atoms with Gasteiger partial charge in [-0.1, -0.05) is 30.3 Å². The van der Waals surface area contributed by atoms with E-state index in [1.54, 1.807) is 6.20 Å². The largest absolute Gasteiger partial charge is 0.348 e. The predicted octanol–water partition coefficient (Wildman–Crippen LogP) is 3.13. The summed E-state index contributed by atoms with van der Waals surface area (Å²) in [5.74, 6) is 1.95. The van der Waals surface area contributed by atoms with Gasteiger partial charge < -0.3 is 14.9 Å². The molecule has 3 heterocycles. The number of piperidine rings is 1. The van der Waals surface area contributed by atoms with E-state index in [2.05, 4.69) is 19.9 Å². The highest BCUT2D eigenvalue weighted by Crippen LogP contribution is 2.26. The number of benzene rings is 1. The maximum Gasteiger partial charge on any atom is 0.274 e. The molecule has 1 aliphatic heterocycles. The maximum absolute atomic E-state index is 13.0. The quantitative estimate of drug-likeness (QED) is 0.772. The van der Waals surface area contributed by atoms with Gasteiger partial charge in [-0.3, -0.25) is 4.79 Å². The minimum absolute atomic E-state index is 0.00723. The van der Waals surface area contributed by atoms with Crippen LogP contribution in [0.2, 0.25) is 0 Å². The summed E-state index contributed by atoms with van der Waals surface area (Å²) in [5.41, 5.74) is 2.31. The zero-order valence-corrected chi connectivity index (χ0v) is 14.2. The van der Waals surface area contributed by atoms with Crippen molar-refractivity contribution in [3.05, 3.63) is 59.9 Å². The van der Waals surface area contributed by atoms with Crippen molar-refractivity contribution in [2.75, 3.05) is 13.1 Å². The molecule has 1 aliphatic rings. The second-order valence-electron chi connectivity index (χ2n) is 6.49. The summed E-state index contributed by atoms with van der Waals surface area (Å²) >= 11 is 0. The molecule has 0 bridgehead atoms. The molecule has 1 saturated heterocycles. The number of aromatic amines is 2. The van der Waals surface area contributed by atoms with Crippen LogP contribution < -0.4 is 0 Å². The first-order valence-corrected chi connectivity index (χ1v) is 8.63. The standard InChI is InChI=1S/C19H21N5O/c1-13-16(23-18(22-13)14-6-3-2-4-7-14)19(25)24-11-5-8-15(12-24)17-20-9-10-21-17/h2-4,6-7,9-10,15H,5,8,11-12H2,1H3,(H,20,21)(H,22,23)/t15-/m0/s1. The third kappa shape index (κ3) is 3.07. The zero-order valence-electron chi connectivity index (χ0n) is 14.2. The normalized spacial score (nSPS) is 17.6. The number of carbonyl (C=O) groups excluding carboxylic acids is 1. The van der Waals surface area contributed by atoms with Gasteiger partial charge in [-0.05, 0) is 19.8 Å². The lowest BCUT2D eigenvalue weighted by atomic mass is 9.97. The fourth-order valence-corrected chi connectivity index (χ4v) is 3.44. The monoisotopic (exact) mass is 335 g/mol. The van der Waals surface area contributed by atoms with Gasteiger partial charge >= 0.3 is 0 Å². The highest BCUT2D eigenvalue weighted by atomic mass is 16.2. The number of aryl methyl sites for hydroxylation is 1. The van der Waals surface area contributed by atoms with Crippen molar-refractivity contribution < 1.29 is 4.79 Å². The molecule has 0 saturated carbocycles. The van der Waals surface area contributed by atoms with E-state index in [1.807, 2.05) is 48.4 Å². The number of hydrogen-bond donors (Lipinski definition) is 2. The molecule has 6 nitrogen and oxygen atoms in total. The Morgan fingerprint density at radius 1 is 1.28 bits per heavy atom. The van der Waals surface area contributed by atoms with E-state index in [-0.39, 0.29) is 11.8 Å². The number of nitrogens with zero attached hydrogens (tertiary/aromatic N) is 3. The van der Waals surface area contributed by atoms with Gasteiger partial charge in [-0.2, -0.15) is 0 Å². The molecule has 0 spiro atoms. The summed E-state index contributed by atoms with van der Waals surface area (Å²) in [6.07, 6.45) is 5.62. The van der Waals surface area contributed by atoms with Crippen molar-refractivity contribution in [2.24, 2.45) is 0 Å². The molecule has 4 rings (SSSR count). The first kappa shape index (κ1) is 15.6. The van der Waals surface area contributed by atoms with Gasteiger partial charge in [-0.25, -0.2) is 9.97 Å². The summed E-state index contributed by atoms with van der Waals surface area (Å²) in [5, 5.41) is 0. The highest BCUT2D eigenvalue weighted by Gasteiger charge is 2.29. The average Bonchev–Trinajstić information content (AvgIpc) is 3.32. The van der Waals surface area contributed by atoms with Crippen LogP contribution in [0.25, 0.3) is 11.4 Å². The van der Waals surface area contributed by atoms with E-state index in [4.69, 9.17) is 0 Å². The fourth-order valence-electron chi connectivity index (χ4n) is 3.44. The fraction of sp³-hybridized carbons (Fsp3) is 0.316. The Hall–Kier alpha value is -2.89. The van der Waals surface area contributed by atoms with Crippen LogP contribution in [0.1, 0.15) is 40.8 Å². The van der Waals surface area contributed by atoms with E-state index in [9.17, 15) is 4.79 Å². The molecule has 2 aromatic heterocycles. The number of aromatic nitrogens is 4. The van der Waals surface area contributed by atoms with Gasteiger partial charge in [0.25, 0.3) is 5.91 Å². The molecule has 1 fully saturated rings. The van der Waals surface area contributed by atoms with Crippen LogP contribution >= 0.6 is 0 Å². The molecule has 0 radical (unpaired) electrons. The Bertz CT molecular complexity index is 853. The van der Waals surface area contributed by atoms with E-state index in [1.165, 1.54) is 0 Å². The third-order valence-corrected chi connectivity index (χ3v) is 4.75. The van der Waals surface area contributed by atoms with Gasteiger partial charge in [0, 0.05) is 42.7 Å². The van der Waals surface area contributed by atoms with Crippen molar-refractivity contribution >= 4 is 5.91 Å². The minimum Gasteiger partial charge on any atom is -0.348 e. The summed E-state index contributed by atoms with van der Waals surface area (Å²) in [4.78, 5) is 30.2. The average molecular weight is 335 g/mol. The SMILES string of the molecule is Cc1[nH]c(-c2ccccc2)nc1C(=O)N1CCC[C@H](c2ncc[nH]2)C1. The summed E-state index contributed by atoms with van der Waals surface area (Å²) in [6, 6.07) is 9.87. The van der Waals surface area contributed by atoms with Crippen LogP contribution in [0.15, 0.2) is 42.7 Å². The highest BCUT2D eigenvalue weighted by molar-refractivity contribution is 5.94. The molecule has 2 N–H and O–H groups in total. The molecule has 1 atom stereocenters.